The van der Waals surface area contributed by atoms with E-state index in [4.69, 9.17) is 30.3 Å². The molecule has 0 aliphatic carbocycles. The first-order valence-corrected chi connectivity index (χ1v) is 1.18. The molecule has 0 amide bonds. The van der Waals surface area contributed by atoms with E-state index in [-0.39, 0.29) is 98.5 Å². The van der Waals surface area contributed by atoms with Crippen molar-refractivity contribution in [2.75, 3.05) is 0 Å². The fourth-order valence-electron chi connectivity index (χ4n) is 0. The van der Waals surface area contributed by atoms with E-state index in [1.165, 1.54) is 0 Å². The number of carbonyl (C=O) groups is 1. The molecule has 0 rings (SSSR count). The Kier molecular flexibility index (Phi) is 38.0. The number of hydrogen-bond acceptors (Lipinski definition) is 5. The van der Waals surface area contributed by atoms with Gasteiger partial charge >= 0.3 is 98.5 Å². The summed E-state index contributed by atoms with van der Waals surface area (Å²) in [5, 5.41) is 30.3. The molecule has 10 heavy (non-hydrogen) atoms. The molecule has 0 aromatic carbocycles. The number of hydrogen-bond donors (Lipinski definition) is 1. The van der Waals surface area contributed by atoms with Crippen LogP contribution in [0, 0.1) is 10.1 Å². The molecule has 0 radical (unpaired) electrons. The maximum atomic E-state index is 8.36. The van der Waals surface area contributed by atoms with E-state index in [9.17, 15) is 0 Å². The number of nitrogens with zero attached hydrogens (tertiary/aromatic N) is 1. The SMILES string of the molecule is O=C([O-])[O-].O=[N+]([O-])O.[Cs+].[Na+]. The second-order valence-corrected chi connectivity index (χ2v) is 0.488. The zero-order chi connectivity index (χ0) is 7.15. The first-order chi connectivity index (χ1) is 3.46. The van der Waals surface area contributed by atoms with Crippen molar-refractivity contribution in [3.63, 3.8) is 0 Å². The molecule has 9 heteroatoms. The summed E-state index contributed by atoms with van der Waals surface area (Å²) in [5.41, 5.74) is 0. The quantitative estimate of drug-likeness (QED) is 0.266. The zero-order valence-electron chi connectivity index (χ0n) is 5.44. The largest absolute Gasteiger partial charge is 1.00 e. The summed E-state index contributed by atoms with van der Waals surface area (Å²) in [7, 11) is 0. The van der Waals surface area contributed by atoms with Gasteiger partial charge in [0, 0.05) is 0 Å². The smallest absolute Gasteiger partial charge is 0.652 e. The fourth-order valence-corrected chi connectivity index (χ4v) is 0. The Morgan fingerprint density at radius 1 is 1.40 bits per heavy atom. The minimum atomic E-state index is -2.33. The van der Waals surface area contributed by atoms with E-state index >= 15 is 0 Å². The molecule has 0 saturated heterocycles. The second-order valence-electron chi connectivity index (χ2n) is 0.488. The van der Waals surface area contributed by atoms with Gasteiger partial charge in [-0.15, -0.1) is 10.1 Å². The molecule has 0 aromatic heterocycles. The van der Waals surface area contributed by atoms with Gasteiger partial charge in [-0.2, -0.15) is 0 Å². The van der Waals surface area contributed by atoms with E-state index < -0.39 is 11.2 Å². The summed E-state index contributed by atoms with van der Waals surface area (Å²) >= 11 is 0. The third-order valence-corrected chi connectivity index (χ3v) is 0. The van der Waals surface area contributed by atoms with Crippen molar-refractivity contribution in [1.29, 1.82) is 0 Å². The number of carboxylic acid groups (broad SMARTS) is 2. The minimum Gasteiger partial charge on any atom is -0.652 e. The van der Waals surface area contributed by atoms with Crippen molar-refractivity contribution in [2.24, 2.45) is 0 Å². The number of carbonyl (C=O) groups excluding carboxylic acids is 1. The normalized spacial score (nSPS) is 4.80. The monoisotopic (exact) mass is 279 g/mol. The molecule has 0 saturated carbocycles. The van der Waals surface area contributed by atoms with Gasteiger partial charge in [-0.3, -0.25) is 0 Å². The summed E-state index contributed by atoms with van der Waals surface area (Å²) < 4.78 is 0. The van der Waals surface area contributed by atoms with Crippen LogP contribution < -0.4 is 109 Å². The second kappa shape index (κ2) is 16.9. The predicted octanol–water partition coefficient (Wildman–Crippen LogP) is -8.79. The predicted molar refractivity (Wildman–Crippen MR) is 14.2 cm³/mol. The first-order valence-electron chi connectivity index (χ1n) is 1.18. The Balaban J connectivity index is -0.0000000300. The third kappa shape index (κ3) is 299. The van der Waals surface area contributed by atoms with Crippen LogP contribution in [0.1, 0.15) is 0 Å². The van der Waals surface area contributed by atoms with Gasteiger partial charge in [-0.05, 0) is 6.16 Å². The van der Waals surface area contributed by atoms with Gasteiger partial charge in [0.25, 0.3) is 5.09 Å². The average molecular weight is 279 g/mol. The molecule has 48 valence electrons. The van der Waals surface area contributed by atoms with Crippen molar-refractivity contribution >= 4 is 6.16 Å². The Bertz CT molecular complexity index is 75.7. The van der Waals surface area contributed by atoms with Crippen LogP contribution in [0.2, 0.25) is 0 Å². The van der Waals surface area contributed by atoms with Crippen molar-refractivity contribution in [3.8, 4) is 0 Å². The molecule has 0 unspecified atom stereocenters. The van der Waals surface area contributed by atoms with Gasteiger partial charge in [0.05, 0.1) is 0 Å². The Morgan fingerprint density at radius 2 is 1.40 bits per heavy atom. The van der Waals surface area contributed by atoms with Crippen LogP contribution in [0.3, 0.4) is 0 Å². The maximum absolute atomic E-state index is 8.36. The summed E-state index contributed by atoms with van der Waals surface area (Å²) in [4.78, 5) is 16.7. The van der Waals surface area contributed by atoms with E-state index in [2.05, 4.69) is 0 Å². The molecule has 0 atom stereocenters. The van der Waals surface area contributed by atoms with E-state index in [0.717, 1.165) is 0 Å². The maximum Gasteiger partial charge on any atom is 1.00 e. The van der Waals surface area contributed by atoms with Crippen LogP contribution in [-0.2, 0) is 0 Å². The van der Waals surface area contributed by atoms with Crippen LogP contribution in [0.4, 0.5) is 4.79 Å². The van der Waals surface area contributed by atoms with Gasteiger partial charge in [0.2, 0.25) is 0 Å². The van der Waals surface area contributed by atoms with Gasteiger partial charge in [0.1, 0.15) is 0 Å². The van der Waals surface area contributed by atoms with Gasteiger partial charge < -0.3 is 20.2 Å². The van der Waals surface area contributed by atoms with Crippen molar-refractivity contribution in [3.05, 3.63) is 10.1 Å². The average Bonchev–Trinajstić information content (AvgIpc) is 1.25. The van der Waals surface area contributed by atoms with E-state index in [0.29, 0.717) is 0 Å². The summed E-state index contributed by atoms with van der Waals surface area (Å²) in [6.45, 7) is 0. The Labute approximate surface area is 137 Å². The molecule has 0 fully saturated rings. The van der Waals surface area contributed by atoms with Gasteiger partial charge in [-0.1, -0.05) is 0 Å². The van der Waals surface area contributed by atoms with Gasteiger partial charge in [-0.25, -0.2) is 0 Å². The molecule has 7 nitrogen and oxygen atoms in total. The summed E-state index contributed by atoms with van der Waals surface area (Å²) in [5.74, 6) is 0. The van der Waals surface area contributed by atoms with Crippen LogP contribution in [0.25, 0.3) is 0 Å². The van der Waals surface area contributed by atoms with Crippen molar-refractivity contribution in [1.82, 2.24) is 0 Å². The molecule has 0 aliphatic rings. The van der Waals surface area contributed by atoms with Crippen molar-refractivity contribution in [2.45, 2.75) is 0 Å². The molecule has 0 spiro atoms. The molecule has 0 heterocycles. The molecular formula is CHCsNNaO6. The van der Waals surface area contributed by atoms with Gasteiger partial charge in [0.15, 0.2) is 0 Å². The summed E-state index contributed by atoms with van der Waals surface area (Å²) in [6.07, 6.45) is -2.33. The molecule has 1 N–H and O–H groups in total. The first kappa shape index (κ1) is 22.5. The topological polar surface area (TPSA) is 127 Å². The van der Waals surface area contributed by atoms with Crippen LogP contribution in [0.5, 0.6) is 0 Å². The Morgan fingerprint density at radius 3 is 1.40 bits per heavy atom. The van der Waals surface area contributed by atoms with Crippen LogP contribution in [0.15, 0.2) is 0 Å². The van der Waals surface area contributed by atoms with E-state index in [1.807, 2.05) is 0 Å². The zero-order valence-corrected chi connectivity index (χ0v) is 13.7. The minimum absolute atomic E-state index is 0. The number of rotatable bonds is 0. The van der Waals surface area contributed by atoms with Crippen LogP contribution >= 0.6 is 0 Å². The molecule has 0 bridgehead atoms. The van der Waals surface area contributed by atoms with E-state index in [1.54, 1.807) is 0 Å². The Hall–Kier alpha value is 1.52. The standard InChI is InChI=1S/CH2O3.Cs.HNO3.Na/c2-1(3)4;;2-1(3)4;/h(H2,2,3,4);;(H,2,3,4);/q;+1;;+1/p-2. The third-order valence-electron chi connectivity index (χ3n) is 0. The molecule has 0 aromatic rings. The molecule has 0 aliphatic heterocycles. The van der Waals surface area contributed by atoms with Crippen LogP contribution in [-0.4, -0.2) is 16.4 Å². The molecular weight excluding hydrogens is 278 g/mol. The summed E-state index contributed by atoms with van der Waals surface area (Å²) in [6, 6.07) is 0. The van der Waals surface area contributed by atoms with Crippen molar-refractivity contribution < 1.29 is 124 Å². The fraction of sp³-hybridized carbons (Fsp3) is 0.